The lowest BCUT2D eigenvalue weighted by Crippen LogP contribution is -2.01. The van der Waals surface area contributed by atoms with Crippen LogP contribution in [0.5, 0.6) is 0 Å². The summed E-state index contributed by atoms with van der Waals surface area (Å²) in [4.78, 5) is 0. The highest BCUT2D eigenvalue weighted by atomic mass is 14.1. The molecule has 0 aliphatic heterocycles. The van der Waals surface area contributed by atoms with Gasteiger partial charge in [-0.1, -0.05) is 52.0 Å². The minimum Gasteiger partial charge on any atom is -0.0908 e. The van der Waals surface area contributed by atoms with Crippen LogP contribution in [0.25, 0.3) is 0 Å². The monoisotopic (exact) mass is 165 g/mol. The van der Waals surface area contributed by atoms with Crippen molar-refractivity contribution in [3.05, 3.63) is 30.2 Å². The molecule has 0 fully saturated rings. The van der Waals surface area contributed by atoms with Gasteiger partial charge in [0.1, 0.15) is 0 Å². The van der Waals surface area contributed by atoms with Crippen LogP contribution in [0.15, 0.2) is 24.3 Å². The average molecular weight is 165 g/mol. The minimum absolute atomic E-state index is 0.213. The van der Waals surface area contributed by atoms with Gasteiger partial charge in [0, 0.05) is 5.41 Å². The van der Waals surface area contributed by atoms with Crippen molar-refractivity contribution in [3.8, 4) is 0 Å². The summed E-state index contributed by atoms with van der Waals surface area (Å²) in [6.07, 6.45) is 9.93. The van der Waals surface area contributed by atoms with Crippen LogP contribution in [0, 0.1) is 11.3 Å². The maximum atomic E-state index is 2.26. The van der Waals surface area contributed by atoms with Crippen LogP contribution in [0.3, 0.4) is 0 Å². The van der Waals surface area contributed by atoms with Crippen LogP contribution in [0.4, 0.5) is 0 Å². The Balaban J connectivity index is 3.96. The summed E-state index contributed by atoms with van der Waals surface area (Å²) in [5, 5.41) is 0. The molecule has 0 heteroatoms. The Morgan fingerprint density at radius 2 is 1.75 bits per heavy atom. The highest BCUT2D eigenvalue weighted by Gasteiger charge is 2.06. The van der Waals surface area contributed by atoms with Gasteiger partial charge in [0.05, 0.1) is 0 Å². The van der Waals surface area contributed by atoms with Gasteiger partial charge >= 0.3 is 0 Å². The quantitative estimate of drug-likeness (QED) is 0.549. The Morgan fingerprint density at radius 3 is 2.17 bits per heavy atom. The summed E-state index contributed by atoms with van der Waals surface area (Å²) in [6.45, 7) is 10.8. The van der Waals surface area contributed by atoms with Crippen LogP contribution in [0.1, 0.15) is 41.0 Å². The summed E-state index contributed by atoms with van der Waals surface area (Å²) in [5.41, 5.74) is 0.213. The van der Waals surface area contributed by atoms with Gasteiger partial charge in [-0.2, -0.15) is 0 Å². The topological polar surface area (TPSA) is 0 Å². The molecule has 0 N–H and O–H groups in total. The van der Waals surface area contributed by atoms with E-state index in [2.05, 4.69) is 58.9 Å². The Hall–Kier alpha value is -0.520. The van der Waals surface area contributed by atoms with Crippen molar-refractivity contribution in [2.45, 2.75) is 41.0 Å². The molecule has 0 unspecified atom stereocenters. The van der Waals surface area contributed by atoms with Crippen LogP contribution in [0.2, 0.25) is 0 Å². The van der Waals surface area contributed by atoms with E-state index in [1.165, 1.54) is 5.92 Å². The predicted octanol–water partition coefficient (Wildman–Crippen LogP) is 4.15. The lowest BCUT2D eigenvalue weighted by molar-refractivity contribution is 0.622. The maximum absolute atomic E-state index is 2.26. The molecular weight excluding hydrogens is 144 g/mol. The van der Waals surface area contributed by atoms with Crippen LogP contribution < -0.4 is 0 Å². The minimum atomic E-state index is 0.213. The number of hydrogen-bond donors (Lipinski definition) is 0. The number of allylic oxidation sites excluding steroid dienone is 4. The third kappa shape index (κ3) is 6.21. The van der Waals surface area contributed by atoms with E-state index in [-0.39, 0.29) is 5.41 Å². The van der Waals surface area contributed by atoms with Crippen molar-refractivity contribution < 1.29 is 0 Å². The van der Waals surface area contributed by atoms with Crippen molar-refractivity contribution in [2.75, 3.05) is 0 Å². The Bertz CT molecular complexity index is 159. The third-order valence-corrected chi connectivity index (χ3v) is 1.67. The van der Waals surface area contributed by atoms with Crippen LogP contribution in [-0.4, -0.2) is 0 Å². The van der Waals surface area contributed by atoms with Crippen molar-refractivity contribution >= 4 is 0 Å². The van der Waals surface area contributed by atoms with E-state index < -0.39 is 0 Å². The highest BCUT2D eigenvalue weighted by molar-refractivity contribution is 5.08. The van der Waals surface area contributed by atoms with Gasteiger partial charge in [0.25, 0.3) is 0 Å². The van der Waals surface area contributed by atoms with Gasteiger partial charge in [-0.3, -0.25) is 0 Å². The van der Waals surface area contributed by atoms with Gasteiger partial charge in [-0.05, 0) is 19.3 Å². The van der Waals surface area contributed by atoms with E-state index in [4.69, 9.17) is 0 Å². The summed E-state index contributed by atoms with van der Waals surface area (Å²) < 4.78 is 0. The zero-order valence-electron chi connectivity index (χ0n) is 9.02. The molecule has 0 spiro atoms. The van der Waals surface area contributed by atoms with Crippen LogP contribution in [-0.2, 0) is 0 Å². The Morgan fingerprint density at radius 1 is 1.17 bits per heavy atom. The second kappa shape index (κ2) is 5.18. The zero-order valence-corrected chi connectivity index (χ0v) is 9.02. The normalized spacial score (nSPS) is 13.8. The molecule has 0 amide bonds. The van der Waals surface area contributed by atoms with Crippen molar-refractivity contribution in [3.63, 3.8) is 0 Å². The third-order valence-electron chi connectivity index (χ3n) is 1.67. The molecule has 12 heavy (non-hydrogen) atoms. The molecule has 69 valence electrons. The standard InChI is InChI=1S/C12H21/c1-6-9-12(4,5)10-7-8-11(2)3/h6-7,9-10H,8H2,1-5H3. The fraction of sp³-hybridized carbons (Fsp3) is 0.583. The summed E-state index contributed by atoms with van der Waals surface area (Å²) in [6, 6.07) is 0. The molecule has 0 saturated heterocycles. The summed E-state index contributed by atoms with van der Waals surface area (Å²) in [5.74, 6) is 1.46. The van der Waals surface area contributed by atoms with Crippen LogP contribution >= 0.6 is 0 Å². The van der Waals surface area contributed by atoms with E-state index in [9.17, 15) is 0 Å². The number of rotatable bonds is 4. The van der Waals surface area contributed by atoms with E-state index in [1.807, 2.05) is 0 Å². The number of hydrogen-bond acceptors (Lipinski definition) is 0. The maximum Gasteiger partial charge on any atom is 0.000429 e. The molecule has 0 aliphatic rings. The largest absolute Gasteiger partial charge is 0.0908 e. The fourth-order valence-electron chi connectivity index (χ4n) is 1.08. The average Bonchev–Trinajstić information content (AvgIpc) is 1.85. The van der Waals surface area contributed by atoms with E-state index in [1.54, 1.807) is 0 Å². The SMILES string of the molecule is CC=CC(C)(C)C=CC[C](C)C. The van der Waals surface area contributed by atoms with E-state index in [0.717, 1.165) is 6.42 Å². The van der Waals surface area contributed by atoms with Gasteiger partial charge in [-0.25, -0.2) is 0 Å². The Labute approximate surface area is 77.4 Å². The molecule has 0 aromatic rings. The molecule has 0 aromatic heterocycles. The lowest BCUT2D eigenvalue weighted by Gasteiger charge is -2.14. The summed E-state index contributed by atoms with van der Waals surface area (Å²) in [7, 11) is 0. The van der Waals surface area contributed by atoms with Crippen molar-refractivity contribution in [1.82, 2.24) is 0 Å². The van der Waals surface area contributed by atoms with Crippen molar-refractivity contribution in [2.24, 2.45) is 5.41 Å². The smallest absolute Gasteiger partial charge is 0.000429 e. The molecule has 0 bridgehead atoms. The van der Waals surface area contributed by atoms with Gasteiger partial charge < -0.3 is 0 Å². The molecule has 0 aromatic carbocycles. The fourth-order valence-corrected chi connectivity index (χ4v) is 1.08. The van der Waals surface area contributed by atoms with Gasteiger partial charge in [0.15, 0.2) is 0 Å². The van der Waals surface area contributed by atoms with Crippen molar-refractivity contribution in [1.29, 1.82) is 0 Å². The van der Waals surface area contributed by atoms with Gasteiger partial charge in [0.2, 0.25) is 0 Å². The Kier molecular flexibility index (Phi) is 4.96. The zero-order chi connectivity index (χ0) is 9.61. The molecule has 0 aliphatic carbocycles. The first-order chi connectivity index (χ1) is 5.48. The van der Waals surface area contributed by atoms with Gasteiger partial charge in [-0.15, -0.1) is 0 Å². The predicted molar refractivity (Wildman–Crippen MR) is 56.9 cm³/mol. The first kappa shape index (κ1) is 11.5. The van der Waals surface area contributed by atoms with E-state index >= 15 is 0 Å². The molecule has 1 radical (unpaired) electrons. The molecule has 0 atom stereocenters. The summed E-state index contributed by atoms with van der Waals surface area (Å²) >= 11 is 0. The molecular formula is C12H21. The first-order valence-corrected chi connectivity index (χ1v) is 4.58. The molecule has 0 saturated carbocycles. The molecule has 0 heterocycles. The highest BCUT2D eigenvalue weighted by Crippen LogP contribution is 2.19. The second-order valence-corrected chi connectivity index (χ2v) is 4.13. The lowest BCUT2D eigenvalue weighted by atomic mass is 9.91. The molecule has 0 nitrogen and oxygen atoms in total. The molecule has 0 rings (SSSR count). The first-order valence-electron chi connectivity index (χ1n) is 4.58. The second-order valence-electron chi connectivity index (χ2n) is 4.13. The van der Waals surface area contributed by atoms with E-state index in [0.29, 0.717) is 0 Å².